The summed E-state index contributed by atoms with van der Waals surface area (Å²) in [6.45, 7) is 8.09. The van der Waals surface area contributed by atoms with Gasteiger partial charge in [-0.1, -0.05) is 12.7 Å². The first-order valence-electron chi connectivity index (χ1n) is 9.10. The molecule has 0 saturated heterocycles. The fourth-order valence-corrected chi connectivity index (χ4v) is 2.53. The molecular formula is C19H29N7O3. The number of carbonyl (C=O) groups is 3. The van der Waals surface area contributed by atoms with Gasteiger partial charge in [0.2, 0.25) is 17.7 Å². The molecule has 0 aromatic heterocycles. The van der Waals surface area contributed by atoms with Gasteiger partial charge in [-0.15, -0.1) is 0 Å². The van der Waals surface area contributed by atoms with Crippen molar-refractivity contribution in [2.75, 3.05) is 38.0 Å². The average Bonchev–Trinajstić information content (AvgIpc) is 2.71. The Kier molecular flexibility index (Phi) is 10.2. The van der Waals surface area contributed by atoms with Crippen LogP contribution in [0, 0.1) is 0 Å². The van der Waals surface area contributed by atoms with Crippen LogP contribution < -0.4 is 27.8 Å². The second-order valence-electron chi connectivity index (χ2n) is 6.17. The van der Waals surface area contributed by atoms with E-state index in [1.807, 2.05) is 0 Å². The number of aliphatic imine (C=N–C) groups is 1. The Morgan fingerprint density at radius 2 is 1.86 bits per heavy atom. The lowest BCUT2D eigenvalue weighted by atomic mass is 10.1. The predicted octanol–water partition coefficient (Wildman–Crippen LogP) is -0.820. The number of hydrogen-bond acceptors (Lipinski definition) is 7. The molecule has 10 heteroatoms. The Labute approximate surface area is 170 Å². The highest BCUT2D eigenvalue weighted by Crippen LogP contribution is 2.23. The zero-order valence-electron chi connectivity index (χ0n) is 16.4. The van der Waals surface area contributed by atoms with Crippen LogP contribution in [0.25, 0.3) is 6.08 Å². The van der Waals surface area contributed by atoms with Crippen molar-refractivity contribution in [3.05, 3.63) is 30.3 Å². The first-order valence-corrected chi connectivity index (χ1v) is 9.10. The summed E-state index contributed by atoms with van der Waals surface area (Å²) in [5.74, 6) is -1.37. The van der Waals surface area contributed by atoms with Crippen LogP contribution in [-0.4, -0.2) is 68.1 Å². The Balaban J connectivity index is 2.54. The van der Waals surface area contributed by atoms with Crippen molar-refractivity contribution in [1.82, 2.24) is 10.2 Å². The van der Waals surface area contributed by atoms with E-state index in [9.17, 15) is 14.4 Å². The Hall–Kier alpha value is -3.08. The lowest BCUT2D eigenvalue weighted by Gasteiger charge is -2.22. The van der Waals surface area contributed by atoms with Gasteiger partial charge in [0.15, 0.2) is 0 Å². The maximum atomic E-state index is 12.2. The summed E-state index contributed by atoms with van der Waals surface area (Å²) in [4.78, 5) is 41.6. The summed E-state index contributed by atoms with van der Waals surface area (Å²) in [5, 5.41) is 5.06. The summed E-state index contributed by atoms with van der Waals surface area (Å²) in [7, 11) is 0. The van der Waals surface area contributed by atoms with Crippen molar-refractivity contribution in [2.24, 2.45) is 22.2 Å². The van der Waals surface area contributed by atoms with E-state index in [2.05, 4.69) is 28.9 Å². The standard InChI is InChI=1S/C19H29N7O3/c1-3-13-10-14(4-5-16(13)23-2)25-17(27)12-24-19(29)15(22)11-18(28)26(8-6-20)9-7-21/h3-5,10,15H,1-2,6-9,11-12,20-22H2,(H,24,29)(H,25,27). The van der Waals surface area contributed by atoms with Gasteiger partial charge in [-0.3, -0.25) is 19.4 Å². The number of nitrogens with zero attached hydrogens (tertiary/aromatic N) is 2. The van der Waals surface area contributed by atoms with E-state index < -0.39 is 17.9 Å². The Morgan fingerprint density at radius 1 is 1.21 bits per heavy atom. The molecule has 0 spiro atoms. The molecule has 0 fully saturated rings. The van der Waals surface area contributed by atoms with Crippen molar-refractivity contribution in [3.8, 4) is 0 Å². The third-order valence-electron chi connectivity index (χ3n) is 4.01. The minimum atomic E-state index is -1.08. The molecule has 10 nitrogen and oxygen atoms in total. The van der Waals surface area contributed by atoms with E-state index in [4.69, 9.17) is 17.2 Å². The number of nitrogens with one attached hydrogen (secondary N) is 2. The Morgan fingerprint density at radius 3 is 2.41 bits per heavy atom. The molecule has 0 aliphatic rings. The predicted molar refractivity (Wildman–Crippen MR) is 115 cm³/mol. The molecule has 0 radical (unpaired) electrons. The van der Waals surface area contributed by atoms with Gasteiger partial charge >= 0.3 is 0 Å². The molecule has 0 bridgehead atoms. The summed E-state index contributed by atoms with van der Waals surface area (Å²) >= 11 is 0. The van der Waals surface area contributed by atoms with Gasteiger partial charge in [-0.25, -0.2) is 0 Å². The molecule has 0 heterocycles. The van der Waals surface area contributed by atoms with Crippen LogP contribution in [0.4, 0.5) is 11.4 Å². The first kappa shape index (κ1) is 24.0. The van der Waals surface area contributed by atoms with Crippen molar-refractivity contribution < 1.29 is 14.4 Å². The van der Waals surface area contributed by atoms with Crippen LogP contribution in [0.5, 0.6) is 0 Å². The summed E-state index contributed by atoms with van der Waals surface area (Å²) < 4.78 is 0. The van der Waals surface area contributed by atoms with Gasteiger partial charge in [0.25, 0.3) is 0 Å². The van der Waals surface area contributed by atoms with Crippen LogP contribution in [0.3, 0.4) is 0 Å². The summed E-state index contributed by atoms with van der Waals surface area (Å²) in [5.41, 5.74) is 18.6. The molecule has 1 atom stereocenters. The third kappa shape index (κ3) is 7.82. The van der Waals surface area contributed by atoms with Crippen LogP contribution >= 0.6 is 0 Å². The molecular weight excluding hydrogens is 374 g/mol. The van der Waals surface area contributed by atoms with Crippen molar-refractivity contribution >= 4 is 41.9 Å². The van der Waals surface area contributed by atoms with E-state index in [0.29, 0.717) is 30.0 Å². The molecule has 158 valence electrons. The highest BCUT2D eigenvalue weighted by atomic mass is 16.2. The smallest absolute Gasteiger partial charge is 0.243 e. The summed E-state index contributed by atoms with van der Waals surface area (Å²) in [6.07, 6.45) is 1.39. The minimum Gasteiger partial charge on any atom is -0.346 e. The number of benzene rings is 1. The molecule has 1 aromatic carbocycles. The lowest BCUT2D eigenvalue weighted by molar-refractivity contribution is -0.134. The maximum absolute atomic E-state index is 12.2. The fourth-order valence-electron chi connectivity index (χ4n) is 2.53. The van der Waals surface area contributed by atoms with E-state index in [1.54, 1.807) is 24.3 Å². The number of amides is 3. The van der Waals surface area contributed by atoms with Crippen LogP contribution in [0.15, 0.2) is 29.8 Å². The third-order valence-corrected chi connectivity index (χ3v) is 4.01. The first-order chi connectivity index (χ1) is 13.9. The van der Waals surface area contributed by atoms with Gasteiger partial charge < -0.3 is 32.7 Å². The average molecular weight is 403 g/mol. The second-order valence-corrected chi connectivity index (χ2v) is 6.17. The number of rotatable bonds is 12. The summed E-state index contributed by atoms with van der Waals surface area (Å²) in [6, 6.07) is 3.95. The van der Waals surface area contributed by atoms with Crippen molar-refractivity contribution in [3.63, 3.8) is 0 Å². The van der Waals surface area contributed by atoms with Crippen molar-refractivity contribution in [1.29, 1.82) is 0 Å². The largest absolute Gasteiger partial charge is 0.346 e. The zero-order chi connectivity index (χ0) is 21.8. The minimum absolute atomic E-state index is 0.202. The van der Waals surface area contributed by atoms with Crippen molar-refractivity contribution in [2.45, 2.75) is 12.5 Å². The topological polar surface area (TPSA) is 169 Å². The van der Waals surface area contributed by atoms with Crippen LogP contribution in [-0.2, 0) is 14.4 Å². The van der Waals surface area contributed by atoms with Crippen LogP contribution in [0.2, 0.25) is 0 Å². The van der Waals surface area contributed by atoms with E-state index in [0.717, 1.165) is 0 Å². The van der Waals surface area contributed by atoms with E-state index in [1.165, 1.54) is 4.90 Å². The van der Waals surface area contributed by atoms with E-state index >= 15 is 0 Å². The number of nitrogens with two attached hydrogens (primary N) is 3. The number of carbonyl (C=O) groups excluding carboxylic acids is 3. The van der Waals surface area contributed by atoms with Crippen LogP contribution in [0.1, 0.15) is 12.0 Å². The van der Waals surface area contributed by atoms with Gasteiger partial charge in [-0.2, -0.15) is 0 Å². The SMILES string of the molecule is C=Cc1cc(NC(=O)CNC(=O)C(N)CC(=O)N(CCN)CCN)ccc1N=C. The van der Waals surface area contributed by atoms with Gasteiger partial charge in [0, 0.05) is 37.4 Å². The molecule has 0 saturated carbocycles. The zero-order valence-corrected chi connectivity index (χ0v) is 16.4. The highest BCUT2D eigenvalue weighted by molar-refractivity contribution is 5.96. The molecule has 0 aliphatic carbocycles. The molecule has 29 heavy (non-hydrogen) atoms. The highest BCUT2D eigenvalue weighted by Gasteiger charge is 2.21. The lowest BCUT2D eigenvalue weighted by Crippen LogP contribution is -2.47. The number of anilines is 1. The molecule has 1 aromatic rings. The number of hydrogen-bond donors (Lipinski definition) is 5. The van der Waals surface area contributed by atoms with Gasteiger partial charge in [0.1, 0.15) is 0 Å². The monoisotopic (exact) mass is 403 g/mol. The van der Waals surface area contributed by atoms with E-state index in [-0.39, 0.29) is 32.0 Å². The molecule has 3 amide bonds. The van der Waals surface area contributed by atoms with Gasteiger partial charge in [0.05, 0.1) is 24.7 Å². The molecule has 8 N–H and O–H groups in total. The quantitative estimate of drug-likeness (QED) is 0.286. The molecule has 1 rings (SSSR count). The van der Waals surface area contributed by atoms with Gasteiger partial charge in [-0.05, 0) is 24.9 Å². The fraction of sp³-hybridized carbons (Fsp3) is 0.368. The normalized spacial score (nSPS) is 11.3. The molecule has 0 aliphatic heterocycles. The maximum Gasteiger partial charge on any atom is 0.243 e. The molecule has 1 unspecified atom stereocenters. The second kappa shape index (κ2) is 12.4. The Bertz CT molecular complexity index is 745.